The maximum atomic E-state index is 11.7. The third kappa shape index (κ3) is 5.64. The summed E-state index contributed by atoms with van der Waals surface area (Å²) in [5, 5.41) is 18.6. The average Bonchev–Trinajstić information content (AvgIpc) is 3.06. The molecule has 0 aliphatic carbocycles. The minimum absolute atomic E-state index is 0.0940. The predicted molar refractivity (Wildman–Crippen MR) is 88.4 cm³/mol. The van der Waals surface area contributed by atoms with E-state index in [2.05, 4.69) is 39.8 Å². The van der Waals surface area contributed by atoms with Crippen LogP contribution in [0.1, 0.15) is 26.0 Å². The van der Waals surface area contributed by atoms with Gasteiger partial charge in [-0.05, 0) is 12.8 Å². The molecule has 0 aliphatic heterocycles. The molecule has 7 nitrogen and oxygen atoms in total. The van der Waals surface area contributed by atoms with Crippen molar-refractivity contribution in [1.29, 1.82) is 0 Å². The summed E-state index contributed by atoms with van der Waals surface area (Å²) in [5.41, 5.74) is 0. The van der Waals surface area contributed by atoms with E-state index in [1.165, 1.54) is 23.1 Å². The highest BCUT2D eigenvalue weighted by Gasteiger charge is 2.09. The molecule has 2 aromatic rings. The minimum atomic E-state index is -0.0940. The van der Waals surface area contributed by atoms with Crippen molar-refractivity contribution in [3.05, 3.63) is 11.8 Å². The maximum absolute atomic E-state index is 11.7. The first-order valence-electron chi connectivity index (χ1n) is 6.96. The molecule has 0 fully saturated rings. The molecule has 2 aromatic heterocycles. The summed E-state index contributed by atoms with van der Waals surface area (Å²) in [6.07, 6.45) is 0.380. The number of anilines is 2. The molecule has 22 heavy (non-hydrogen) atoms. The Kier molecular flexibility index (Phi) is 6.20. The lowest BCUT2D eigenvalue weighted by atomic mass is 10.2. The number of carbonyl (C=O) groups excluding carboxylic acids is 1. The lowest BCUT2D eigenvalue weighted by Crippen LogP contribution is -2.12. The zero-order valence-corrected chi connectivity index (χ0v) is 14.4. The molecule has 0 bridgehead atoms. The molecule has 0 atom stereocenters. The number of hydrogen-bond donors (Lipinski definition) is 2. The molecule has 2 rings (SSSR count). The van der Waals surface area contributed by atoms with Gasteiger partial charge in [0, 0.05) is 24.8 Å². The number of aryl methyl sites for hydroxylation is 1. The van der Waals surface area contributed by atoms with E-state index >= 15 is 0 Å². The fourth-order valence-electron chi connectivity index (χ4n) is 1.49. The lowest BCUT2D eigenvalue weighted by molar-refractivity contribution is -0.115. The summed E-state index contributed by atoms with van der Waals surface area (Å²) in [6.45, 7) is 6.93. The third-order valence-corrected chi connectivity index (χ3v) is 4.53. The van der Waals surface area contributed by atoms with Gasteiger partial charge in [0.05, 0.1) is 0 Å². The topological polar surface area (TPSA) is 92.9 Å². The number of rotatable bonds is 8. The first-order chi connectivity index (χ1) is 10.5. The van der Waals surface area contributed by atoms with E-state index in [4.69, 9.17) is 4.52 Å². The first kappa shape index (κ1) is 16.8. The van der Waals surface area contributed by atoms with Crippen LogP contribution >= 0.6 is 23.1 Å². The molecule has 120 valence electrons. The van der Waals surface area contributed by atoms with E-state index in [1.54, 1.807) is 13.0 Å². The Hall–Kier alpha value is -1.61. The van der Waals surface area contributed by atoms with E-state index in [0.29, 0.717) is 29.7 Å². The fraction of sp³-hybridized carbons (Fsp3) is 0.538. The van der Waals surface area contributed by atoms with E-state index in [0.717, 1.165) is 16.0 Å². The van der Waals surface area contributed by atoms with E-state index in [1.807, 2.05) is 0 Å². The van der Waals surface area contributed by atoms with Crippen molar-refractivity contribution < 1.29 is 9.32 Å². The second kappa shape index (κ2) is 8.14. The Morgan fingerprint density at radius 1 is 1.45 bits per heavy atom. The number of hydrogen-bond acceptors (Lipinski definition) is 8. The van der Waals surface area contributed by atoms with Gasteiger partial charge in [0.2, 0.25) is 11.0 Å². The summed E-state index contributed by atoms with van der Waals surface area (Å²) in [5.74, 6) is 2.22. The van der Waals surface area contributed by atoms with Gasteiger partial charge in [-0.2, -0.15) is 0 Å². The Bertz CT molecular complexity index is 611. The summed E-state index contributed by atoms with van der Waals surface area (Å²) >= 11 is 3.02. The van der Waals surface area contributed by atoms with Crippen LogP contribution in [0.25, 0.3) is 0 Å². The van der Waals surface area contributed by atoms with Crippen LogP contribution in [0.2, 0.25) is 0 Å². The monoisotopic (exact) mass is 341 g/mol. The van der Waals surface area contributed by atoms with Crippen LogP contribution in [0.5, 0.6) is 0 Å². The highest BCUT2D eigenvalue weighted by atomic mass is 32.2. The average molecular weight is 341 g/mol. The molecule has 2 N–H and O–H groups in total. The number of carbonyl (C=O) groups is 1. The SMILES string of the molecule is Cc1cc(NC(=O)CCSc2nnc(NCC(C)C)s2)no1. The second-order valence-electron chi connectivity index (χ2n) is 5.12. The Labute approximate surface area is 137 Å². The maximum Gasteiger partial charge on any atom is 0.226 e. The molecule has 0 unspecified atom stereocenters. The van der Waals surface area contributed by atoms with Crippen molar-refractivity contribution in [2.75, 3.05) is 22.9 Å². The Morgan fingerprint density at radius 3 is 2.95 bits per heavy atom. The van der Waals surface area contributed by atoms with Crippen molar-refractivity contribution in [3.63, 3.8) is 0 Å². The second-order valence-corrected chi connectivity index (χ2v) is 7.44. The Morgan fingerprint density at radius 2 is 2.27 bits per heavy atom. The molecular formula is C13H19N5O2S2. The van der Waals surface area contributed by atoms with Gasteiger partial charge in [-0.1, -0.05) is 42.1 Å². The molecule has 1 amide bonds. The Balaban J connectivity index is 1.68. The number of aromatic nitrogens is 3. The van der Waals surface area contributed by atoms with Gasteiger partial charge in [0.1, 0.15) is 5.76 Å². The zero-order chi connectivity index (χ0) is 15.9. The normalized spacial score (nSPS) is 10.9. The summed E-state index contributed by atoms with van der Waals surface area (Å²) in [6, 6.07) is 1.68. The number of nitrogens with zero attached hydrogens (tertiary/aromatic N) is 3. The van der Waals surface area contributed by atoms with Crippen LogP contribution in [0.15, 0.2) is 14.9 Å². The van der Waals surface area contributed by atoms with Crippen LogP contribution in [-0.4, -0.2) is 33.6 Å². The van der Waals surface area contributed by atoms with Gasteiger partial charge in [-0.3, -0.25) is 4.79 Å². The minimum Gasteiger partial charge on any atom is -0.360 e. The van der Waals surface area contributed by atoms with Gasteiger partial charge >= 0.3 is 0 Å². The standard InChI is InChI=1S/C13H19N5O2S2/c1-8(2)7-14-12-16-17-13(22-12)21-5-4-11(19)15-10-6-9(3)20-18-10/h6,8H,4-5,7H2,1-3H3,(H,14,16)(H,15,18,19). The van der Waals surface area contributed by atoms with Crippen molar-refractivity contribution in [1.82, 2.24) is 15.4 Å². The summed E-state index contributed by atoms with van der Waals surface area (Å²) in [4.78, 5) is 11.7. The van der Waals surface area contributed by atoms with E-state index < -0.39 is 0 Å². The molecule has 0 spiro atoms. The quantitative estimate of drug-likeness (QED) is 0.713. The fourth-order valence-corrected chi connectivity index (χ4v) is 3.26. The van der Waals surface area contributed by atoms with Crippen LogP contribution in [0, 0.1) is 12.8 Å². The van der Waals surface area contributed by atoms with Gasteiger partial charge in [0.25, 0.3) is 0 Å². The molecule has 9 heteroatoms. The first-order valence-corrected chi connectivity index (χ1v) is 8.76. The van der Waals surface area contributed by atoms with Crippen LogP contribution in [0.3, 0.4) is 0 Å². The lowest BCUT2D eigenvalue weighted by Gasteiger charge is -2.03. The molecule has 0 saturated heterocycles. The van der Waals surface area contributed by atoms with Crippen LogP contribution in [-0.2, 0) is 4.79 Å². The molecule has 2 heterocycles. The van der Waals surface area contributed by atoms with Crippen molar-refractivity contribution in [2.24, 2.45) is 5.92 Å². The zero-order valence-electron chi connectivity index (χ0n) is 12.8. The largest absolute Gasteiger partial charge is 0.360 e. The highest BCUT2D eigenvalue weighted by molar-refractivity contribution is 8.01. The molecular weight excluding hydrogens is 322 g/mol. The van der Waals surface area contributed by atoms with Gasteiger partial charge in [-0.25, -0.2) is 0 Å². The van der Waals surface area contributed by atoms with Crippen molar-refractivity contribution in [2.45, 2.75) is 31.5 Å². The molecule has 0 saturated carbocycles. The van der Waals surface area contributed by atoms with Crippen LogP contribution in [0.4, 0.5) is 10.9 Å². The number of nitrogens with one attached hydrogen (secondary N) is 2. The van der Waals surface area contributed by atoms with Crippen LogP contribution < -0.4 is 10.6 Å². The van der Waals surface area contributed by atoms with Gasteiger partial charge in [-0.15, -0.1) is 10.2 Å². The molecule has 0 aliphatic rings. The summed E-state index contributed by atoms with van der Waals surface area (Å²) < 4.78 is 5.75. The predicted octanol–water partition coefficient (Wildman–Crippen LogP) is 3.02. The van der Waals surface area contributed by atoms with E-state index in [-0.39, 0.29) is 5.91 Å². The van der Waals surface area contributed by atoms with Gasteiger partial charge in [0.15, 0.2) is 10.2 Å². The van der Waals surface area contributed by atoms with E-state index in [9.17, 15) is 4.79 Å². The number of thioether (sulfide) groups is 1. The molecule has 0 radical (unpaired) electrons. The number of amides is 1. The highest BCUT2D eigenvalue weighted by Crippen LogP contribution is 2.26. The smallest absolute Gasteiger partial charge is 0.226 e. The third-order valence-electron chi connectivity index (χ3n) is 2.52. The van der Waals surface area contributed by atoms with Crippen molar-refractivity contribution in [3.8, 4) is 0 Å². The van der Waals surface area contributed by atoms with Crippen molar-refractivity contribution >= 4 is 40.0 Å². The molecule has 0 aromatic carbocycles. The van der Waals surface area contributed by atoms with Gasteiger partial charge < -0.3 is 15.2 Å². The summed E-state index contributed by atoms with van der Waals surface area (Å²) in [7, 11) is 0.